The van der Waals surface area contributed by atoms with Gasteiger partial charge in [-0.25, -0.2) is 8.42 Å². The van der Waals surface area contributed by atoms with Gasteiger partial charge in [-0.3, -0.25) is 4.79 Å². The minimum absolute atomic E-state index is 0.129. The topological polar surface area (TPSA) is 60.4 Å². The molecule has 0 saturated heterocycles. The first-order valence-electron chi connectivity index (χ1n) is 5.04. The normalized spacial score (nSPS) is 11.6. The Hall–Kier alpha value is -1.50. The van der Waals surface area contributed by atoms with Gasteiger partial charge in [-0.05, 0) is 12.1 Å². The van der Waals surface area contributed by atoms with Gasteiger partial charge in [-0.1, -0.05) is 12.1 Å². The summed E-state index contributed by atoms with van der Waals surface area (Å²) in [5, 5.41) is 0. The quantitative estimate of drug-likeness (QED) is 0.746. The Labute approximate surface area is 103 Å². The highest BCUT2D eigenvalue weighted by Crippen LogP contribution is 2.17. The summed E-state index contributed by atoms with van der Waals surface area (Å²) in [4.78, 5) is 11.6. The van der Waals surface area contributed by atoms with Gasteiger partial charge >= 0.3 is 6.61 Å². The van der Waals surface area contributed by atoms with E-state index in [1.165, 1.54) is 18.2 Å². The zero-order valence-electron chi connectivity index (χ0n) is 9.60. The summed E-state index contributed by atoms with van der Waals surface area (Å²) in [6, 6.07) is 5.27. The first kappa shape index (κ1) is 14.6. The minimum Gasteiger partial charge on any atom is -0.435 e. The van der Waals surface area contributed by atoms with Gasteiger partial charge in [0.25, 0.3) is 0 Å². The van der Waals surface area contributed by atoms with E-state index in [9.17, 15) is 22.0 Å². The van der Waals surface area contributed by atoms with E-state index in [2.05, 4.69) is 4.74 Å². The molecule has 0 aliphatic carbocycles. The number of carbonyl (C=O) groups excluding carboxylic acids is 1. The number of halogens is 2. The van der Waals surface area contributed by atoms with E-state index in [4.69, 9.17) is 0 Å². The number of hydrogen-bond donors (Lipinski definition) is 0. The Morgan fingerprint density at radius 1 is 1.39 bits per heavy atom. The number of ketones is 1. The van der Waals surface area contributed by atoms with Crippen LogP contribution in [0.25, 0.3) is 0 Å². The van der Waals surface area contributed by atoms with E-state index < -0.39 is 22.2 Å². The molecule has 4 nitrogen and oxygen atoms in total. The van der Waals surface area contributed by atoms with Crippen LogP contribution in [0.1, 0.15) is 16.8 Å². The summed E-state index contributed by atoms with van der Waals surface area (Å²) in [5.41, 5.74) is 0.150. The van der Waals surface area contributed by atoms with Crippen LogP contribution in [0.5, 0.6) is 5.75 Å². The van der Waals surface area contributed by atoms with Crippen LogP contribution in [0, 0.1) is 0 Å². The predicted octanol–water partition coefficient (Wildman–Crippen LogP) is 1.91. The third-order valence-corrected chi connectivity index (χ3v) is 3.03. The number of Topliss-reactive ketones (excluding diaryl/α,β-unsaturated/α-hetero) is 1. The van der Waals surface area contributed by atoms with Crippen LogP contribution >= 0.6 is 0 Å². The number of ether oxygens (including phenoxy) is 1. The summed E-state index contributed by atoms with van der Waals surface area (Å²) in [6.07, 6.45) is 0.841. The molecule has 0 spiro atoms. The monoisotopic (exact) mass is 278 g/mol. The minimum atomic E-state index is -3.23. The Morgan fingerprint density at radius 3 is 2.61 bits per heavy atom. The molecule has 0 atom stereocenters. The fraction of sp³-hybridized carbons (Fsp3) is 0.364. The van der Waals surface area contributed by atoms with Gasteiger partial charge in [-0.2, -0.15) is 8.78 Å². The van der Waals surface area contributed by atoms with Crippen molar-refractivity contribution in [3.8, 4) is 5.75 Å². The van der Waals surface area contributed by atoms with Crippen molar-refractivity contribution in [2.75, 3.05) is 12.0 Å². The highest BCUT2D eigenvalue weighted by atomic mass is 32.2. The van der Waals surface area contributed by atoms with Crippen molar-refractivity contribution in [3.63, 3.8) is 0 Å². The standard InChI is InChI=1S/C11H12F2O4S/c1-18(15,16)6-5-10(14)8-3-2-4-9(7-8)17-11(12)13/h2-4,7,11H,5-6H2,1H3. The second kappa shape index (κ2) is 5.90. The van der Waals surface area contributed by atoms with Gasteiger partial charge in [0.15, 0.2) is 5.78 Å². The molecule has 0 aliphatic heterocycles. The summed E-state index contributed by atoms with van der Waals surface area (Å²) in [7, 11) is -3.23. The highest BCUT2D eigenvalue weighted by Gasteiger charge is 2.12. The zero-order chi connectivity index (χ0) is 13.8. The van der Waals surface area contributed by atoms with E-state index in [-0.39, 0.29) is 23.5 Å². The Bertz CT molecular complexity index is 526. The molecule has 0 bridgehead atoms. The fourth-order valence-corrected chi connectivity index (χ4v) is 1.82. The van der Waals surface area contributed by atoms with E-state index in [0.29, 0.717) is 0 Å². The number of carbonyl (C=O) groups is 1. The van der Waals surface area contributed by atoms with E-state index in [0.717, 1.165) is 12.3 Å². The molecule has 0 heterocycles. The first-order valence-corrected chi connectivity index (χ1v) is 7.10. The number of sulfone groups is 1. The summed E-state index contributed by atoms with van der Waals surface area (Å²) in [6.45, 7) is -2.97. The molecule has 0 amide bonds. The molecule has 0 aliphatic rings. The van der Waals surface area contributed by atoms with Gasteiger partial charge in [0.2, 0.25) is 0 Å². The lowest BCUT2D eigenvalue weighted by Crippen LogP contribution is -2.10. The molecular weight excluding hydrogens is 266 g/mol. The Kier molecular flexibility index (Phi) is 4.77. The van der Waals surface area contributed by atoms with Gasteiger partial charge in [0.1, 0.15) is 15.6 Å². The zero-order valence-corrected chi connectivity index (χ0v) is 10.4. The third-order valence-electron chi connectivity index (χ3n) is 2.08. The molecule has 0 unspecified atom stereocenters. The van der Waals surface area contributed by atoms with Crippen LogP contribution in [0.3, 0.4) is 0 Å². The molecule has 7 heteroatoms. The number of rotatable bonds is 6. The molecule has 0 aromatic heterocycles. The maximum absolute atomic E-state index is 12.0. The van der Waals surface area contributed by atoms with Crippen LogP contribution < -0.4 is 4.74 Å². The van der Waals surface area contributed by atoms with E-state index in [1.807, 2.05) is 0 Å². The largest absolute Gasteiger partial charge is 0.435 e. The van der Waals surface area contributed by atoms with Crippen LogP contribution in [-0.4, -0.2) is 32.8 Å². The van der Waals surface area contributed by atoms with Crippen molar-refractivity contribution in [3.05, 3.63) is 29.8 Å². The van der Waals surface area contributed by atoms with E-state index >= 15 is 0 Å². The molecule has 0 radical (unpaired) electrons. The lowest BCUT2D eigenvalue weighted by atomic mass is 10.1. The molecule has 1 rings (SSSR count). The summed E-state index contributed by atoms with van der Waals surface area (Å²) in [5.74, 6) is -0.832. The van der Waals surface area contributed by atoms with Crippen LogP contribution in [0.2, 0.25) is 0 Å². The van der Waals surface area contributed by atoms with E-state index in [1.54, 1.807) is 0 Å². The van der Waals surface area contributed by atoms with Crippen molar-refractivity contribution in [2.45, 2.75) is 13.0 Å². The van der Waals surface area contributed by atoms with Crippen LogP contribution in [0.4, 0.5) is 8.78 Å². The second-order valence-corrected chi connectivity index (χ2v) is 5.97. The molecule has 0 fully saturated rings. The molecule has 1 aromatic carbocycles. The molecule has 18 heavy (non-hydrogen) atoms. The molecule has 0 saturated carbocycles. The average Bonchev–Trinajstić information content (AvgIpc) is 2.24. The lowest BCUT2D eigenvalue weighted by molar-refractivity contribution is -0.0498. The molecule has 100 valence electrons. The molecular formula is C11H12F2O4S. The summed E-state index contributed by atoms with van der Waals surface area (Å²) < 4.78 is 49.9. The lowest BCUT2D eigenvalue weighted by Gasteiger charge is -2.06. The predicted molar refractivity (Wildman–Crippen MR) is 61.7 cm³/mol. The second-order valence-electron chi connectivity index (χ2n) is 3.71. The number of alkyl halides is 2. The van der Waals surface area contributed by atoms with Gasteiger partial charge in [-0.15, -0.1) is 0 Å². The third kappa shape index (κ3) is 5.22. The highest BCUT2D eigenvalue weighted by molar-refractivity contribution is 7.90. The smallest absolute Gasteiger partial charge is 0.387 e. The Balaban J connectivity index is 2.74. The number of benzene rings is 1. The van der Waals surface area contributed by atoms with Crippen molar-refractivity contribution in [2.24, 2.45) is 0 Å². The maximum Gasteiger partial charge on any atom is 0.387 e. The van der Waals surface area contributed by atoms with Crippen molar-refractivity contribution in [1.29, 1.82) is 0 Å². The van der Waals surface area contributed by atoms with Crippen molar-refractivity contribution < 1.29 is 26.7 Å². The summed E-state index contributed by atoms with van der Waals surface area (Å²) >= 11 is 0. The van der Waals surface area contributed by atoms with Crippen LogP contribution in [-0.2, 0) is 9.84 Å². The first-order chi connectivity index (χ1) is 8.28. The van der Waals surface area contributed by atoms with Crippen molar-refractivity contribution in [1.82, 2.24) is 0 Å². The van der Waals surface area contributed by atoms with Gasteiger partial charge in [0, 0.05) is 18.2 Å². The maximum atomic E-state index is 12.0. The average molecular weight is 278 g/mol. The van der Waals surface area contributed by atoms with Crippen LogP contribution in [0.15, 0.2) is 24.3 Å². The number of hydrogen-bond acceptors (Lipinski definition) is 4. The molecule has 1 aromatic rings. The van der Waals surface area contributed by atoms with Gasteiger partial charge < -0.3 is 4.74 Å². The SMILES string of the molecule is CS(=O)(=O)CCC(=O)c1cccc(OC(F)F)c1. The Morgan fingerprint density at radius 2 is 2.06 bits per heavy atom. The fourth-order valence-electron chi connectivity index (χ4n) is 1.27. The van der Waals surface area contributed by atoms with Gasteiger partial charge in [0.05, 0.1) is 5.75 Å². The molecule has 0 N–H and O–H groups in total. The van der Waals surface area contributed by atoms with Crippen molar-refractivity contribution >= 4 is 15.6 Å².